The van der Waals surface area contributed by atoms with E-state index in [4.69, 9.17) is 21.1 Å². The predicted octanol–water partition coefficient (Wildman–Crippen LogP) is 7.37. The largest absolute Gasteiger partial charge is 0.488 e. The summed E-state index contributed by atoms with van der Waals surface area (Å²) in [6.07, 6.45) is 2.02. The molecule has 1 saturated heterocycles. The molecule has 1 unspecified atom stereocenters. The number of nitriles is 1. The van der Waals surface area contributed by atoms with Crippen molar-refractivity contribution in [1.82, 2.24) is 15.5 Å². The second-order valence-electron chi connectivity index (χ2n) is 13.6. The number of hydrogen-bond acceptors (Lipinski definition) is 7. The quantitative estimate of drug-likeness (QED) is 0.117. The van der Waals surface area contributed by atoms with E-state index < -0.39 is 6.17 Å². The molecule has 272 valence electrons. The molecule has 2 aliphatic heterocycles. The number of likely N-dealkylation sites (tertiary alicyclic amines) is 1. The molecule has 0 aliphatic carbocycles. The van der Waals surface area contributed by atoms with Gasteiger partial charge in [-0.3, -0.25) is 4.79 Å². The maximum atomic E-state index is 13.6. The van der Waals surface area contributed by atoms with Gasteiger partial charge in [0.25, 0.3) is 0 Å². The average molecular weight is 724 g/mol. The molecule has 1 amide bonds. The molecule has 0 spiro atoms. The molecule has 2 aliphatic rings. The van der Waals surface area contributed by atoms with E-state index in [-0.39, 0.29) is 12.5 Å². The molecule has 8 nitrogen and oxygen atoms in total. The molecular weight excluding hydrogens is 677 g/mol. The van der Waals surface area contributed by atoms with E-state index in [9.17, 15) is 14.4 Å². The highest BCUT2D eigenvalue weighted by molar-refractivity contribution is 6.32. The molecule has 6 rings (SSSR count). The van der Waals surface area contributed by atoms with Crippen LogP contribution in [-0.2, 0) is 31.0 Å². The number of hydrogen-bond donors (Lipinski definition) is 2. The molecule has 4 aromatic rings. The highest BCUT2D eigenvalue weighted by atomic mass is 35.5. The third-order valence-electron chi connectivity index (χ3n) is 9.92. The van der Waals surface area contributed by atoms with E-state index in [1.165, 1.54) is 29.3 Å². The van der Waals surface area contributed by atoms with Crippen molar-refractivity contribution < 1.29 is 18.7 Å². The maximum absolute atomic E-state index is 13.6. The standard InChI is InChI=1S/C42H47ClFN5O3/c1-29-33(9-4-10-36(29)37-11-5-12-40-38(37)14-20-49(40)18-6-17-48-19-13-35(44)26-48)28-52-42-23-41(51-27-32-8-3-7-31(21-32)24-45)34(22-39(42)43)25-46-15-16-47-30(2)50/h3-5,7-12,21-23,35,46H,6,13-20,25-28H2,1-2H3,(H,47,50). The lowest BCUT2D eigenvalue weighted by atomic mass is 9.92. The summed E-state index contributed by atoms with van der Waals surface area (Å²) >= 11 is 6.80. The second kappa shape index (κ2) is 17.7. The number of rotatable bonds is 16. The SMILES string of the molecule is CC(=O)NCCNCc1cc(Cl)c(OCc2cccc(-c3cccc4c3CCN4CCCN3CCC(F)C3)c2C)cc1OCc1cccc(C#N)c1. The van der Waals surface area contributed by atoms with Crippen molar-refractivity contribution in [3.8, 4) is 28.7 Å². The van der Waals surface area contributed by atoms with Crippen LogP contribution in [0.3, 0.4) is 0 Å². The zero-order valence-corrected chi connectivity index (χ0v) is 30.8. The van der Waals surface area contributed by atoms with Gasteiger partial charge < -0.3 is 29.9 Å². The van der Waals surface area contributed by atoms with Gasteiger partial charge in [-0.1, -0.05) is 54.1 Å². The molecule has 0 saturated carbocycles. The van der Waals surface area contributed by atoms with Gasteiger partial charge in [-0.25, -0.2) is 4.39 Å². The Kier molecular flexibility index (Phi) is 12.7. The van der Waals surface area contributed by atoms with Gasteiger partial charge in [-0.15, -0.1) is 0 Å². The highest BCUT2D eigenvalue weighted by Crippen LogP contribution is 2.39. The second-order valence-corrected chi connectivity index (χ2v) is 14.0. The number of benzene rings is 4. The van der Waals surface area contributed by atoms with E-state index in [2.05, 4.69) is 69.8 Å². The van der Waals surface area contributed by atoms with E-state index in [1.807, 2.05) is 30.3 Å². The Bertz CT molecular complexity index is 1910. The van der Waals surface area contributed by atoms with E-state index >= 15 is 0 Å². The van der Waals surface area contributed by atoms with Crippen molar-refractivity contribution in [2.75, 3.05) is 50.7 Å². The van der Waals surface area contributed by atoms with Gasteiger partial charge >= 0.3 is 0 Å². The Labute approximate surface area is 311 Å². The monoisotopic (exact) mass is 723 g/mol. The number of carbonyl (C=O) groups is 1. The van der Waals surface area contributed by atoms with Crippen molar-refractivity contribution in [3.63, 3.8) is 0 Å². The first kappa shape index (κ1) is 37.1. The number of ether oxygens (including phenoxy) is 2. The van der Waals surface area contributed by atoms with Crippen molar-refractivity contribution >= 4 is 23.2 Å². The van der Waals surface area contributed by atoms with Crippen molar-refractivity contribution in [2.45, 2.75) is 59.0 Å². The zero-order chi connectivity index (χ0) is 36.5. The lowest BCUT2D eigenvalue weighted by Gasteiger charge is -2.22. The minimum atomic E-state index is -0.671. The first-order chi connectivity index (χ1) is 25.3. The van der Waals surface area contributed by atoms with Crippen LogP contribution in [0.1, 0.15) is 53.1 Å². The summed E-state index contributed by atoms with van der Waals surface area (Å²) in [5, 5.41) is 15.9. The molecule has 10 heteroatoms. The van der Waals surface area contributed by atoms with Crippen LogP contribution in [0.5, 0.6) is 11.5 Å². The summed E-state index contributed by atoms with van der Waals surface area (Å²) in [6.45, 7) is 10.2. The van der Waals surface area contributed by atoms with Gasteiger partial charge in [0, 0.05) is 70.1 Å². The van der Waals surface area contributed by atoms with Gasteiger partial charge in [-0.05, 0) is 90.4 Å². The van der Waals surface area contributed by atoms with E-state index in [1.54, 1.807) is 6.07 Å². The number of nitrogens with zero attached hydrogens (tertiary/aromatic N) is 3. The summed E-state index contributed by atoms with van der Waals surface area (Å²) in [4.78, 5) is 16.0. The number of anilines is 1. The topological polar surface area (TPSA) is 89.9 Å². The van der Waals surface area contributed by atoms with Crippen LogP contribution in [0, 0.1) is 18.3 Å². The van der Waals surface area contributed by atoms with Gasteiger partial charge in [0.1, 0.15) is 30.9 Å². The van der Waals surface area contributed by atoms with Crippen LogP contribution in [0.4, 0.5) is 10.1 Å². The summed E-state index contributed by atoms with van der Waals surface area (Å²) in [5.41, 5.74) is 9.65. The molecule has 1 atom stereocenters. The molecule has 1 fully saturated rings. The van der Waals surface area contributed by atoms with Gasteiger partial charge in [0.2, 0.25) is 5.91 Å². The fourth-order valence-corrected chi connectivity index (χ4v) is 7.39. The molecule has 0 aromatic heterocycles. The zero-order valence-electron chi connectivity index (χ0n) is 30.0. The fraction of sp³-hybridized carbons (Fsp3) is 0.381. The number of fused-ring (bicyclic) bond motifs is 1. The number of alkyl halides is 1. The highest BCUT2D eigenvalue weighted by Gasteiger charge is 2.25. The maximum Gasteiger partial charge on any atom is 0.216 e. The summed E-state index contributed by atoms with van der Waals surface area (Å²) in [6, 6.07) is 26.2. The van der Waals surface area contributed by atoms with Crippen LogP contribution in [0.2, 0.25) is 5.02 Å². The third-order valence-corrected chi connectivity index (χ3v) is 10.2. The Morgan fingerprint density at radius 2 is 1.77 bits per heavy atom. The van der Waals surface area contributed by atoms with Crippen LogP contribution in [-0.4, -0.2) is 62.8 Å². The van der Waals surface area contributed by atoms with Gasteiger partial charge in [-0.2, -0.15) is 5.26 Å². The molecule has 52 heavy (non-hydrogen) atoms. The molecule has 4 aromatic carbocycles. The first-order valence-corrected chi connectivity index (χ1v) is 18.5. The van der Waals surface area contributed by atoms with Crippen LogP contribution < -0.4 is 25.0 Å². The minimum absolute atomic E-state index is 0.0751. The fourth-order valence-electron chi connectivity index (χ4n) is 7.15. The smallest absolute Gasteiger partial charge is 0.216 e. The lowest BCUT2D eigenvalue weighted by Crippen LogP contribution is -2.30. The number of carbonyl (C=O) groups excluding carboxylic acids is 1. The Hall–Kier alpha value is -4.62. The summed E-state index contributed by atoms with van der Waals surface area (Å²) in [5.74, 6) is 1.06. The van der Waals surface area contributed by atoms with Crippen molar-refractivity contribution in [3.05, 3.63) is 111 Å². The third kappa shape index (κ3) is 9.43. The van der Waals surface area contributed by atoms with Gasteiger partial charge in [0.15, 0.2) is 0 Å². The summed E-state index contributed by atoms with van der Waals surface area (Å²) < 4.78 is 26.3. The van der Waals surface area contributed by atoms with Crippen LogP contribution in [0.25, 0.3) is 11.1 Å². The van der Waals surface area contributed by atoms with Crippen LogP contribution >= 0.6 is 11.6 Å². The Morgan fingerprint density at radius 1 is 0.962 bits per heavy atom. The van der Waals surface area contributed by atoms with Crippen molar-refractivity contribution in [1.29, 1.82) is 5.26 Å². The summed E-state index contributed by atoms with van der Waals surface area (Å²) in [7, 11) is 0. The molecular formula is C42H47ClFN5O3. The molecule has 2 heterocycles. The molecule has 0 radical (unpaired) electrons. The Balaban J connectivity index is 1.15. The molecule has 0 bridgehead atoms. The Morgan fingerprint density at radius 3 is 2.58 bits per heavy atom. The number of amides is 1. The van der Waals surface area contributed by atoms with E-state index in [0.29, 0.717) is 61.3 Å². The number of halogens is 2. The average Bonchev–Trinajstić information content (AvgIpc) is 3.76. The van der Waals surface area contributed by atoms with Crippen LogP contribution in [0.15, 0.2) is 72.8 Å². The van der Waals surface area contributed by atoms with E-state index in [0.717, 1.165) is 61.3 Å². The predicted molar refractivity (Wildman–Crippen MR) is 205 cm³/mol. The van der Waals surface area contributed by atoms with Gasteiger partial charge in [0.05, 0.1) is 16.7 Å². The number of nitrogens with one attached hydrogen (secondary N) is 2. The molecule has 2 N–H and O–H groups in total. The van der Waals surface area contributed by atoms with Crippen molar-refractivity contribution in [2.24, 2.45) is 0 Å². The normalized spacial score (nSPS) is 15.4. The first-order valence-electron chi connectivity index (χ1n) is 18.1. The lowest BCUT2D eigenvalue weighted by molar-refractivity contribution is -0.118. The minimum Gasteiger partial charge on any atom is -0.488 e.